The van der Waals surface area contributed by atoms with Gasteiger partial charge in [-0.1, -0.05) is 30.9 Å². The van der Waals surface area contributed by atoms with Gasteiger partial charge in [0.1, 0.15) is 16.8 Å². The smallest absolute Gasteiger partial charge is 0.134 e. The van der Waals surface area contributed by atoms with E-state index in [0.717, 1.165) is 25.3 Å². The Hall–Kier alpha value is -0.870. The first kappa shape index (κ1) is 14.1. The lowest BCUT2D eigenvalue weighted by Gasteiger charge is -2.43. The molecule has 1 saturated heterocycles. The minimum Gasteiger partial charge on any atom is -0.375 e. The van der Waals surface area contributed by atoms with E-state index >= 15 is 0 Å². The van der Waals surface area contributed by atoms with E-state index in [2.05, 4.69) is 15.3 Å². The zero-order valence-corrected chi connectivity index (χ0v) is 12.7. The Morgan fingerprint density at radius 3 is 2.85 bits per heavy atom. The largest absolute Gasteiger partial charge is 0.375 e. The van der Waals surface area contributed by atoms with Crippen LogP contribution in [0.5, 0.6) is 0 Å². The highest BCUT2D eigenvalue weighted by molar-refractivity contribution is 6.29. The lowest BCUT2D eigenvalue weighted by Crippen LogP contribution is -2.45. The van der Waals surface area contributed by atoms with Crippen molar-refractivity contribution in [2.75, 3.05) is 11.9 Å². The molecule has 1 aromatic rings. The number of hydrogen-bond donors (Lipinski definition) is 1. The quantitative estimate of drug-likeness (QED) is 0.845. The van der Waals surface area contributed by atoms with E-state index in [0.29, 0.717) is 17.0 Å². The zero-order chi connectivity index (χ0) is 14.0. The van der Waals surface area contributed by atoms with Crippen LogP contribution in [0.15, 0.2) is 6.07 Å². The Morgan fingerprint density at radius 1 is 1.30 bits per heavy atom. The van der Waals surface area contributed by atoms with E-state index in [4.69, 9.17) is 16.3 Å². The molecule has 0 bridgehead atoms. The fourth-order valence-corrected chi connectivity index (χ4v) is 3.74. The number of nitrogens with zero attached hydrogens (tertiary/aromatic N) is 2. The molecule has 2 fully saturated rings. The van der Waals surface area contributed by atoms with Gasteiger partial charge in [-0.15, -0.1) is 0 Å². The van der Waals surface area contributed by atoms with E-state index in [1.54, 1.807) is 6.07 Å². The van der Waals surface area contributed by atoms with Crippen molar-refractivity contribution >= 4 is 17.4 Å². The van der Waals surface area contributed by atoms with Crippen LogP contribution >= 0.6 is 11.6 Å². The van der Waals surface area contributed by atoms with Gasteiger partial charge >= 0.3 is 0 Å². The normalized spacial score (nSPS) is 25.6. The molecule has 4 nitrogen and oxygen atoms in total. The lowest BCUT2D eigenvalue weighted by molar-refractivity contribution is -0.103. The Bertz CT molecular complexity index is 448. The summed E-state index contributed by atoms with van der Waals surface area (Å²) in [5.74, 6) is 1.54. The first-order valence-corrected chi connectivity index (χ1v) is 7.95. The van der Waals surface area contributed by atoms with Crippen LogP contribution < -0.4 is 5.32 Å². The molecule has 5 heteroatoms. The molecular formula is C15H22ClN3O. The SMILES string of the molecule is Cc1nc(Cl)cc(NC2CCOC3(CCCCC3)C2)n1. The molecule has 110 valence electrons. The van der Waals surface area contributed by atoms with Gasteiger partial charge in [-0.05, 0) is 32.6 Å². The van der Waals surface area contributed by atoms with E-state index in [1.165, 1.54) is 32.1 Å². The lowest BCUT2D eigenvalue weighted by atomic mass is 9.78. The maximum Gasteiger partial charge on any atom is 0.134 e. The molecule has 2 aliphatic rings. The molecule has 1 spiro atoms. The van der Waals surface area contributed by atoms with Gasteiger partial charge in [-0.25, -0.2) is 9.97 Å². The molecule has 3 rings (SSSR count). The fourth-order valence-electron chi connectivity index (χ4n) is 3.51. The summed E-state index contributed by atoms with van der Waals surface area (Å²) in [6, 6.07) is 2.23. The summed E-state index contributed by atoms with van der Waals surface area (Å²) in [6.07, 6.45) is 8.46. The monoisotopic (exact) mass is 295 g/mol. The van der Waals surface area contributed by atoms with Gasteiger partial charge in [0.05, 0.1) is 5.60 Å². The number of ether oxygens (including phenoxy) is 1. The molecule has 1 aliphatic carbocycles. The van der Waals surface area contributed by atoms with E-state index in [1.807, 2.05) is 6.92 Å². The Kier molecular flexibility index (Phi) is 4.13. The van der Waals surface area contributed by atoms with Crippen molar-refractivity contribution in [2.24, 2.45) is 0 Å². The summed E-state index contributed by atoms with van der Waals surface area (Å²) in [5.41, 5.74) is 0.111. The molecule has 0 radical (unpaired) electrons. The third-order valence-electron chi connectivity index (χ3n) is 4.42. The highest BCUT2D eigenvalue weighted by Crippen LogP contribution is 2.39. The number of nitrogens with one attached hydrogen (secondary N) is 1. The summed E-state index contributed by atoms with van der Waals surface area (Å²) >= 11 is 5.99. The van der Waals surface area contributed by atoms with Gasteiger partial charge < -0.3 is 10.1 Å². The van der Waals surface area contributed by atoms with Crippen molar-refractivity contribution in [3.63, 3.8) is 0 Å². The van der Waals surface area contributed by atoms with Crippen molar-refractivity contribution < 1.29 is 4.74 Å². The number of aromatic nitrogens is 2. The first-order valence-electron chi connectivity index (χ1n) is 7.57. The van der Waals surface area contributed by atoms with Crippen LogP contribution in [0.2, 0.25) is 5.15 Å². The molecule has 1 unspecified atom stereocenters. The molecule has 1 saturated carbocycles. The molecule has 2 heterocycles. The van der Waals surface area contributed by atoms with Crippen molar-refractivity contribution in [3.05, 3.63) is 17.0 Å². The van der Waals surface area contributed by atoms with Gasteiger partial charge in [0.25, 0.3) is 0 Å². The zero-order valence-electron chi connectivity index (χ0n) is 12.0. The Morgan fingerprint density at radius 2 is 2.10 bits per heavy atom. The Labute approximate surface area is 125 Å². The van der Waals surface area contributed by atoms with Crippen LogP contribution in [0.25, 0.3) is 0 Å². The topological polar surface area (TPSA) is 47.0 Å². The number of hydrogen-bond acceptors (Lipinski definition) is 4. The van der Waals surface area contributed by atoms with Gasteiger partial charge in [-0.3, -0.25) is 0 Å². The summed E-state index contributed by atoms with van der Waals surface area (Å²) in [7, 11) is 0. The molecule has 0 amide bonds. The second-order valence-electron chi connectivity index (χ2n) is 6.05. The van der Waals surface area contributed by atoms with Gasteiger partial charge in [0.2, 0.25) is 0 Å². The van der Waals surface area contributed by atoms with Crippen LogP contribution in [0, 0.1) is 6.92 Å². The maximum atomic E-state index is 6.12. The molecular weight excluding hydrogens is 274 g/mol. The molecule has 1 aromatic heterocycles. The van der Waals surface area contributed by atoms with Gasteiger partial charge in [0.15, 0.2) is 0 Å². The second kappa shape index (κ2) is 5.86. The summed E-state index contributed by atoms with van der Waals surface area (Å²) in [6.45, 7) is 2.71. The number of anilines is 1. The molecule has 1 N–H and O–H groups in total. The summed E-state index contributed by atoms with van der Waals surface area (Å²) in [4.78, 5) is 8.51. The Balaban J connectivity index is 1.67. The average Bonchev–Trinajstić information content (AvgIpc) is 2.38. The molecule has 1 aliphatic heterocycles. The minimum atomic E-state index is 0.111. The maximum absolute atomic E-state index is 6.12. The highest BCUT2D eigenvalue weighted by atomic mass is 35.5. The fraction of sp³-hybridized carbons (Fsp3) is 0.733. The first-order chi connectivity index (χ1) is 9.65. The third kappa shape index (κ3) is 3.23. The predicted octanol–water partition coefficient (Wildman–Crippen LogP) is 3.73. The van der Waals surface area contributed by atoms with Crippen LogP contribution in [0.3, 0.4) is 0 Å². The van der Waals surface area contributed by atoms with Gasteiger partial charge in [-0.2, -0.15) is 0 Å². The summed E-state index contributed by atoms with van der Waals surface area (Å²) < 4.78 is 6.12. The highest BCUT2D eigenvalue weighted by Gasteiger charge is 2.38. The van der Waals surface area contributed by atoms with Crippen LogP contribution in [0.1, 0.15) is 50.8 Å². The third-order valence-corrected chi connectivity index (χ3v) is 4.61. The van der Waals surface area contributed by atoms with E-state index < -0.39 is 0 Å². The standard InChI is InChI=1S/C15H22ClN3O/c1-11-17-13(16)9-14(18-11)19-12-5-8-20-15(10-12)6-3-2-4-7-15/h9,12H,2-8,10H2,1H3,(H,17,18,19). The predicted molar refractivity (Wildman–Crippen MR) is 80.2 cm³/mol. The summed E-state index contributed by atoms with van der Waals surface area (Å²) in [5, 5.41) is 4.02. The van der Waals surface area contributed by atoms with Crippen molar-refractivity contribution in [1.82, 2.24) is 9.97 Å². The number of aryl methyl sites for hydroxylation is 1. The number of halogens is 1. The second-order valence-corrected chi connectivity index (χ2v) is 6.44. The molecule has 1 atom stereocenters. The van der Waals surface area contributed by atoms with Gasteiger partial charge in [0, 0.05) is 18.7 Å². The van der Waals surface area contributed by atoms with Crippen LogP contribution in [0.4, 0.5) is 5.82 Å². The van der Waals surface area contributed by atoms with E-state index in [9.17, 15) is 0 Å². The average molecular weight is 296 g/mol. The van der Waals surface area contributed by atoms with Crippen LogP contribution in [-0.4, -0.2) is 28.2 Å². The van der Waals surface area contributed by atoms with Crippen molar-refractivity contribution in [1.29, 1.82) is 0 Å². The molecule has 20 heavy (non-hydrogen) atoms. The van der Waals surface area contributed by atoms with Crippen molar-refractivity contribution in [2.45, 2.75) is 63.5 Å². The number of rotatable bonds is 2. The molecule has 0 aromatic carbocycles. The van der Waals surface area contributed by atoms with Crippen molar-refractivity contribution in [3.8, 4) is 0 Å². The van der Waals surface area contributed by atoms with E-state index in [-0.39, 0.29) is 5.60 Å². The van der Waals surface area contributed by atoms with Crippen LogP contribution in [-0.2, 0) is 4.74 Å². The minimum absolute atomic E-state index is 0.111.